The summed E-state index contributed by atoms with van der Waals surface area (Å²) in [4.78, 5) is 41.2. The maximum atomic E-state index is 14.9. The highest BCUT2D eigenvalue weighted by atomic mass is 35.5. The van der Waals surface area contributed by atoms with Gasteiger partial charge in [0.1, 0.15) is 17.4 Å². The Kier molecular flexibility index (Phi) is 9.28. The molecule has 5 aromatic rings. The third kappa shape index (κ3) is 6.41. The van der Waals surface area contributed by atoms with E-state index in [0.29, 0.717) is 28.9 Å². The van der Waals surface area contributed by atoms with Crippen LogP contribution in [0.25, 0.3) is 16.8 Å². The molecule has 1 aliphatic rings. The van der Waals surface area contributed by atoms with Crippen LogP contribution in [-0.2, 0) is 11.2 Å². The first-order chi connectivity index (χ1) is 23.5. The number of benzene rings is 4. The van der Waals surface area contributed by atoms with Gasteiger partial charge in [0.25, 0.3) is 5.91 Å². The molecule has 0 aliphatic carbocycles. The first kappa shape index (κ1) is 33.5. The Morgan fingerprint density at radius 2 is 1.65 bits per heavy atom. The van der Waals surface area contributed by atoms with E-state index in [0.717, 1.165) is 16.7 Å². The number of aliphatic hydroxyl groups excluding tert-OH is 1. The molecule has 3 N–H and O–H groups in total. The number of hydrogen-bond donors (Lipinski definition) is 3. The lowest BCUT2D eigenvalue weighted by Gasteiger charge is -2.39. The van der Waals surface area contributed by atoms with E-state index in [2.05, 4.69) is 15.6 Å². The summed E-state index contributed by atoms with van der Waals surface area (Å²) in [6.45, 7) is 1.87. The minimum atomic E-state index is -1.42. The lowest BCUT2D eigenvalue weighted by molar-refractivity contribution is -0.128. The van der Waals surface area contributed by atoms with Crippen LogP contribution in [0.1, 0.15) is 55.5 Å². The lowest BCUT2D eigenvalue weighted by Crippen LogP contribution is -2.44. The van der Waals surface area contributed by atoms with Gasteiger partial charge in [0, 0.05) is 31.9 Å². The first-order valence-corrected chi connectivity index (χ1v) is 15.7. The second kappa shape index (κ2) is 13.6. The summed E-state index contributed by atoms with van der Waals surface area (Å²) < 4.78 is 16.2. The molecule has 2 atom stereocenters. The highest BCUT2D eigenvalue weighted by Crippen LogP contribution is 2.40. The van der Waals surface area contributed by atoms with Gasteiger partial charge < -0.3 is 20.4 Å². The molecule has 0 radical (unpaired) electrons. The number of aromatic carboxylic acids is 1. The molecule has 0 spiro atoms. The Balaban J connectivity index is 1.40. The Labute approximate surface area is 286 Å². The molecule has 2 unspecified atom stereocenters. The van der Waals surface area contributed by atoms with Crippen LogP contribution in [0.3, 0.4) is 0 Å². The fourth-order valence-electron chi connectivity index (χ4n) is 6.09. The zero-order valence-corrected chi connectivity index (χ0v) is 27.5. The zero-order valence-electron chi connectivity index (χ0n) is 26.8. The molecule has 13 heteroatoms. The van der Waals surface area contributed by atoms with Crippen molar-refractivity contribution in [2.24, 2.45) is 0 Å². The van der Waals surface area contributed by atoms with E-state index < -0.39 is 30.0 Å². The molecule has 49 heavy (non-hydrogen) atoms. The third-order valence-corrected chi connectivity index (χ3v) is 8.90. The van der Waals surface area contributed by atoms with Crippen molar-refractivity contribution in [1.82, 2.24) is 24.8 Å². The average Bonchev–Trinajstić information content (AvgIpc) is 3.48. The molecule has 2 heterocycles. The number of halogens is 2. The molecule has 1 aliphatic heterocycles. The van der Waals surface area contributed by atoms with Crippen LogP contribution in [0.4, 0.5) is 10.1 Å². The number of hydrogen-bond acceptors (Lipinski definition) is 7. The zero-order chi connectivity index (χ0) is 35.0. The normalized spacial score (nSPS) is 14.9. The van der Waals surface area contributed by atoms with Crippen LogP contribution in [-0.4, -0.2) is 73.4 Å². The number of aliphatic hydroxyl groups is 1. The van der Waals surface area contributed by atoms with Crippen LogP contribution in [0.5, 0.6) is 0 Å². The van der Waals surface area contributed by atoms with Gasteiger partial charge >= 0.3 is 5.97 Å². The number of carboxylic acid groups (broad SMARTS) is 1. The second-order valence-electron chi connectivity index (χ2n) is 11.8. The number of carboxylic acids is 1. The monoisotopic (exact) mass is 682 g/mol. The standard InChI is InChI=1S/C36H32ClFN6O5/c1-20-31(40-41-44(20)29-9-5-8-28(37)30(29)38)35(47)43-19-18-26-25(21-10-12-22(13-11-21)34(46)42(2)3)6-4-7-27(26)32(43)33(45)39-24-16-14-23(15-17-24)36(48)49/h4-17,32,35,47H,18-19H2,1-3H3,(H,39,45)(H,48,49). The van der Waals surface area contributed by atoms with Crippen molar-refractivity contribution in [2.75, 3.05) is 26.0 Å². The van der Waals surface area contributed by atoms with E-state index in [1.165, 1.54) is 46.0 Å². The number of carbonyl (C=O) groups is 3. The van der Waals surface area contributed by atoms with Crippen LogP contribution in [0.15, 0.2) is 84.9 Å². The Morgan fingerprint density at radius 3 is 2.33 bits per heavy atom. The molecule has 6 rings (SSSR count). The number of aromatic nitrogens is 3. The van der Waals surface area contributed by atoms with Crippen LogP contribution >= 0.6 is 11.6 Å². The van der Waals surface area contributed by atoms with Gasteiger partial charge in [-0.15, -0.1) is 5.10 Å². The molecule has 1 aromatic heterocycles. The van der Waals surface area contributed by atoms with Crippen LogP contribution < -0.4 is 5.32 Å². The molecule has 0 saturated carbocycles. The molecule has 2 amide bonds. The Bertz CT molecular complexity index is 2070. The van der Waals surface area contributed by atoms with Gasteiger partial charge in [0.15, 0.2) is 12.0 Å². The van der Waals surface area contributed by atoms with Gasteiger partial charge in [0.2, 0.25) is 5.91 Å². The summed E-state index contributed by atoms with van der Waals surface area (Å²) in [6, 6.07) is 22.1. The molecule has 4 aromatic carbocycles. The van der Waals surface area contributed by atoms with Crippen molar-refractivity contribution in [1.29, 1.82) is 0 Å². The number of nitrogens with zero attached hydrogens (tertiary/aromatic N) is 5. The lowest BCUT2D eigenvalue weighted by atomic mass is 9.85. The first-order valence-electron chi connectivity index (χ1n) is 15.3. The number of rotatable bonds is 8. The quantitative estimate of drug-likeness (QED) is 0.190. The number of carbonyl (C=O) groups excluding carboxylic acids is 2. The number of amides is 2. The maximum Gasteiger partial charge on any atom is 0.335 e. The van der Waals surface area contributed by atoms with E-state index in [9.17, 15) is 29.0 Å². The van der Waals surface area contributed by atoms with Crippen molar-refractivity contribution >= 4 is 35.1 Å². The van der Waals surface area contributed by atoms with Crippen molar-refractivity contribution < 1.29 is 29.0 Å². The molecule has 11 nitrogen and oxygen atoms in total. The summed E-state index contributed by atoms with van der Waals surface area (Å²) in [5.41, 5.74) is 4.77. The molecular formula is C36H32ClFN6O5. The number of anilines is 1. The summed E-state index contributed by atoms with van der Waals surface area (Å²) in [7, 11) is 3.38. The summed E-state index contributed by atoms with van der Waals surface area (Å²) in [5.74, 6) is -2.38. The van der Waals surface area contributed by atoms with Crippen LogP contribution in [0, 0.1) is 12.7 Å². The molecule has 0 fully saturated rings. The van der Waals surface area contributed by atoms with Gasteiger partial charge in [-0.3, -0.25) is 14.5 Å². The minimum Gasteiger partial charge on any atom is -0.478 e. The predicted octanol–water partition coefficient (Wildman–Crippen LogP) is 5.66. The second-order valence-corrected chi connectivity index (χ2v) is 12.2. The van der Waals surface area contributed by atoms with Gasteiger partial charge in [-0.05, 0) is 84.1 Å². The molecule has 0 saturated heterocycles. The Morgan fingerprint density at radius 1 is 0.980 bits per heavy atom. The van der Waals surface area contributed by atoms with E-state index in [4.69, 9.17) is 11.6 Å². The predicted molar refractivity (Wildman–Crippen MR) is 181 cm³/mol. The fourth-order valence-corrected chi connectivity index (χ4v) is 6.26. The maximum absolute atomic E-state index is 14.9. The highest BCUT2D eigenvalue weighted by Gasteiger charge is 2.39. The highest BCUT2D eigenvalue weighted by molar-refractivity contribution is 6.30. The molecule has 0 bridgehead atoms. The fraction of sp³-hybridized carbons (Fsp3) is 0.194. The minimum absolute atomic E-state index is 0.0574. The summed E-state index contributed by atoms with van der Waals surface area (Å²) in [6.07, 6.45) is -0.969. The number of fused-ring (bicyclic) bond motifs is 1. The molecule has 250 valence electrons. The van der Waals surface area contributed by atoms with Crippen molar-refractivity contribution in [3.05, 3.63) is 129 Å². The smallest absolute Gasteiger partial charge is 0.335 e. The van der Waals surface area contributed by atoms with Crippen molar-refractivity contribution in [3.63, 3.8) is 0 Å². The topological polar surface area (TPSA) is 141 Å². The SMILES string of the molecule is Cc1c(C(O)N2CCc3c(-c4ccc(C(=O)N(C)C)cc4)cccc3C2C(=O)Nc2ccc(C(=O)O)cc2)nnn1-c1cccc(Cl)c1F. The van der Waals surface area contributed by atoms with Gasteiger partial charge in [-0.25, -0.2) is 13.9 Å². The van der Waals surface area contributed by atoms with Gasteiger partial charge in [0.05, 0.1) is 16.3 Å². The third-order valence-electron chi connectivity index (χ3n) is 8.60. The number of nitrogens with one attached hydrogen (secondary N) is 1. The Hall–Kier alpha value is -5.43. The summed E-state index contributed by atoms with van der Waals surface area (Å²) in [5, 5.41) is 32.2. The average molecular weight is 683 g/mol. The largest absolute Gasteiger partial charge is 0.478 e. The van der Waals surface area contributed by atoms with Crippen molar-refractivity contribution in [2.45, 2.75) is 25.6 Å². The van der Waals surface area contributed by atoms with Gasteiger partial charge in [-0.2, -0.15) is 0 Å². The van der Waals surface area contributed by atoms with E-state index in [1.54, 1.807) is 44.1 Å². The van der Waals surface area contributed by atoms with E-state index >= 15 is 0 Å². The van der Waals surface area contributed by atoms with Crippen molar-refractivity contribution in [3.8, 4) is 16.8 Å². The van der Waals surface area contributed by atoms with E-state index in [-0.39, 0.29) is 34.4 Å². The van der Waals surface area contributed by atoms with Crippen LogP contribution in [0.2, 0.25) is 5.02 Å². The van der Waals surface area contributed by atoms with Gasteiger partial charge in [-0.1, -0.05) is 53.2 Å². The summed E-state index contributed by atoms with van der Waals surface area (Å²) >= 11 is 6.01. The van der Waals surface area contributed by atoms with E-state index in [1.807, 2.05) is 30.3 Å². The molecular weight excluding hydrogens is 651 g/mol.